The van der Waals surface area contributed by atoms with Crippen molar-refractivity contribution in [2.45, 2.75) is 16.1 Å². The predicted octanol–water partition coefficient (Wildman–Crippen LogP) is -3.64. The molecule has 1 atom stereocenters. The number of hydrogen-bond acceptors (Lipinski definition) is 3. The van der Waals surface area contributed by atoms with Crippen LogP contribution in [0.15, 0.2) is 0 Å². The minimum atomic E-state index is -3.08. The lowest BCUT2D eigenvalue weighted by Gasteiger charge is -2.47. The van der Waals surface area contributed by atoms with Gasteiger partial charge in [-0.3, -0.25) is 4.79 Å². The van der Waals surface area contributed by atoms with Gasteiger partial charge >= 0.3 is 0 Å². The molecule has 1 unspecified atom stereocenters. The third-order valence-corrected chi connectivity index (χ3v) is 1.60. The van der Waals surface area contributed by atoms with Gasteiger partial charge in [0, 0.05) is 16.1 Å². The van der Waals surface area contributed by atoms with Crippen molar-refractivity contribution in [3.05, 3.63) is 0 Å². The molecule has 0 rings (SSSR count). The fourth-order valence-electron chi connectivity index (χ4n) is 0.494. The van der Waals surface area contributed by atoms with E-state index in [0.717, 1.165) is 0 Å². The van der Waals surface area contributed by atoms with Gasteiger partial charge in [0.05, 0.1) is 15.7 Å². The number of aliphatic carboxylic acids is 1. The highest BCUT2D eigenvalue weighted by molar-refractivity contribution is 6.57. The molecule has 0 fully saturated rings. The third-order valence-electron chi connectivity index (χ3n) is 1.60. The van der Waals surface area contributed by atoms with E-state index in [1.807, 2.05) is 0 Å². The minimum absolute atomic E-state index is 1.87. The summed E-state index contributed by atoms with van der Waals surface area (Å²) in [4.78, 5) is 10.4. The average molecular weight is 169 g/mol. The molecule has 0 heterocycles. The summed E-state index contributed by atoms with van der Waals surface area (Å²) in [7, 11) is 24.3. The molecule has 4 nitrogen and oxygen atoms in total. The van der Waals surface area contributed by atoms with Crippen molar-refractivity contribution in [2.24, 2.45) is 0 Å². The Morgan fingerprint density at radius 3 is 1.38 bits per heavy atom. The largest absolute Gasteiger partial charge is 0.482 e. The van der Waals surface area contributed by atoms with Gasteiger partial charge in [-0.25, -0.2) is 0 Å². The van der Waals surface area contributed by atoms with Crippen molar-refractivity contribution in [1.82, 2.24) is 0 Å². The van der Waals surface area contributed by atoms with Crippen molar-refractivity contribution in [2.75, 3.05) is 0 Å². The fourth-order valence-corrected chi connectivity index (χ4v) is 0.494. The molecule has 0 aliphatic heterocycles. The van der Waals surface area contributed by atoms with Crippen LogP contribution in [0.1, 0.15) is 0 Å². The molecular weight excluding hydrogens is 166 g/mol. The lowest BCUT2D eigenvalue weighted by Crippen LogP contribution is -2.65. The zero-order valence-corrected chi connectivity index (χ0v) is 6.64. The van der Waals surface area contributed by atoms with Gasteiger partial charge in [-0.15, -0.1) is 0 Å². The summed E-state index contributed by atoms with van der Waals surface area (Å²) in [5.74, 6) is -1.87. The molecule has 0 aliphatic carbocycles. The smallest absolute Gasteiger partial charge is 0.294 e. The maximum absolute atomic E-state index is 10.4. The fraction of sp³-hybridized carbons (Fsp3) is 0.750. The van der Waals surface area contributed by atoms with E-state index < -0.39 is 22.1 Å². The van der Waals surface area contributed by atoms with Gasteiger partial charge in [0.1, 0.15) is 23.5 Å². The molecule has 0 aromatic carbocycles. The number of carboxylic acids is 1. The molecule has 58 valence electrons. The summed E-state index contributed by atoms with van der Waals surface area (Å²) in [5.41, 5.74) is -3.08. The molecule has 0 aromatic heterocycles. The standard InChI is InChI=1S/C4H3B5O4/c5-2(6,1(10)11)3(7,12)4(8,9)13/h12-13H,(H,10,11). The van der Waals surface area contributed by atoms with E-state index in [4.69, 9.17) is 49.4 Å². The SMILES string of the molecule is [B]C([B])(O)C([B])(O)C([B])([B])C(=O)O. The second kappa shape index (κ2) is 3.13. The Bertz CT molecular complexity index is 219. The molecule has 0 bridgehead atoms. The van der Waals surface area contributed by atoms with E-state index in [1.54, 1.807) is 0 Å². The zero-order chi connectivity index (χ0) is 11.1. The normalized spacial score (nSPS) is 17.7. The van der Waals surface area contributed by atoms with Crippen molar-refractivity contribution in [3.8, 4) is 0 Å². The van der Waals surface area contributed by atoms with E-state index in [0.29, 0.717) is 0 Å². The quantitative estimate of drug-likeness (QED) is 0.381. The molecule has 0 spiro atoms. The number of hydrogen-bond donors (Lipinski definition) is 3. The maximum atomic E-state index is 10.4. The minimum Gasteiger partial charge on any atom is -0.482 e. The van der Waals surface area contributed by atoms with Gasteiger partial charge in [-0.05, 0) is 0 Å². The van der Waals surface area contributed by atoms with Crippen LogP contribution in [-0.2, 0) is 4.79 Å². The highest BCUT2D eigenvalue weighted by atomic mass is 16.4. The first kappa shape index (κ1) is 12.7. The second-order valence-electron chi connectivity index (χ2n) is 2.77. The van der Waals surface area contributed by atoms with Crippen LogP contribution in [-0.4, -0.2) is 71.4 Å². The molecule has 0 saturated carbocycles. The first-order valence-corrected chi connectivity index (χ1v) is 3.07. The highest BCUT2D eigenvalue weighted by Gasteiger charge is 2.51. The average Bonchev–Trinajstić information content (AvgIpc) is 1.84. The summed E-state index contributed by atoms with van der Waals surface area (Å²) in [6.45, 7) is 0. The topological polar surface area (TPSA) is 77.8 Å². The van der Waals surface area contributed by atoms with Crippen molar-refractivity contribution >= 4 is 45.2 Å². The van der Waals surface area contributed by atoms with E-state index in [1.165, 1.54) is 0 Å². The van der Waals surface area contributed by atoms with Crippen LogP contribution in [0.5, 0.6) is 0 Å². The summed E-state index contributed by atoms with van der Waals surface area (Å²) in [6.07, 6.45) is 0. The molecule has 0 aliphatic rings. The Morgan fingerprint density at radius 2 is 1.31 bits per heavy atom. The van der Waals surface area contributed by atoms with Gasteiger partial charge in [-0.1, -0.05) is 0 Å². The molecule has 0 aromatic rings. The van der Waals surface area contributed by atoms with E-state index in [-0.39, 0.29) is 0 Å². The zero-order valence-electron chi connectivity index (χ0n) is 6.64. The summed E-state index contributed by atoms with van der Waals surface area (Å²) in [5, 5.41) is 20.7. The Labute approximate surface area is 82.1 Å². The van der Waals surface area contributed by atoms with E-state index in [9.17, 15) is 9.90 Å². The first-order chi connectivity index (χ1) is 5.44. The second-order valence-corrected chi connectivity index (χ2v) is 2.77. The molecule has 13 heavy (non-hydrogen) atoms. The predicted molar refractivity (Wildman–Crippen MR) is 49.0 cm³/mol. The van der Waals surface area contributed by atoms with Crippen LogP contribution in [0.2, 0.25) is 5.21 Å². The van der Waals surface area contributed by atoms with Crippen LogP contribution >= 0.6 is 0 Å². The third kappa shape index (κ3) is 1.97. The lowest BCUT2D eigenvalue weighted by molar-refractivity contribution is -0.144. The van der Waals surface area contributed by atoms with Crippen molar-refractivity contribution in [1.29, 1.82) is 0 Å². The van der Waals surface area contributed by atoms with Crippen LogP contribution in [0, 0.1) is 0 Å². The van der Waals surface area contributed by atoms with Gasteiger partial charge < -0.3 is 15.3 Å². The van der Waals surface area contributed by atoms with Crippen LogP contribution < -0.4 is 0 Å². The molecule has 0 saturated heterocycles. The molecule has 3 N–H and O–H groups in total. The van der Waals surface area contributed by atoms with Gasteiger partial charge in [0.2, 0.25) is 0 Å². The number of carboxylic acid groups (broad SMARTS) is 1. The summed E-state index contributed by atoms with van der Waals surface area (Å²) < 4.78 is 0. The van der Waals surface area contributed by atoms with Crippen LogP contribution in [0.25, 0.3) is 0 Å². The summed E-state index contributed by atoms with van der Waals surface area (Å²) in [6, 6.07) is 0. The van der Waals surface area contributed by atoms with Crippen molar-refractivity contribution in [3.63, 3.8) is 0 Å². The van der Waals surface area contributed by atoms with E-state index >= 15 is 0 Å². The van der Waals surface area contributed by atoms with Gasteiger partial charge in [0.25, 0.3) is 5.97 Å². The number of carbonyl (C=O) groups is 1. The maximum Gasteiger partial charge on any atom is 0.294 e. The molecule has 10 radical (unpaired) electrons. The van der Waals surface area contributed by atoms with Crippen molar-refractivity contribution < 1.29 is 20.1 Å². The Morgan fingerprint density at radius 1 is 1.00 bits per heavy atom. The Kier molecular flexibility index (Phi) is 3.07. The van der Waals surface area contributed by atoms with E-state index in [2.05, 4.69) is 0 Å². The monoisotopic (exact) mass is 170 g/mol. The Hall–Kier alpha value is -0.285. The Balaban J connectivity index is 5.16. The summed E-state index contributed by atoms with van der Waals surface area (Å²) >= 11 is 0. The van der Waals surface area contributed by atoms with Gasteiger partial charge in [-0.2, -0.15) is 0 Å². The highest BCUT2D eigenvalue weighted by Crippen LogP contribution is 2.35. The molecular formula is C4H3B5O4. The first-order valence-electron chi connectivity index (χ1n) is 3.07. The number of rotatable bonds is 3. The molecule has 0 amide bonds. The lowest BCUT2D eigenvalue weighted by atomic mass is 9.32. The van der Waals surface area contributed by atoms with Crippen LogP contribution in [0.4, 0.5) is 0 Å². The van der Waals surface area contributed by atoms with Crippen LogP contribution in [0.3, 0.4) is 0 Å². The molecule has 9 heteroatoms. The van der Waals surface area contributed by atoms with Gasteiger partial charge in [0.15, 0.2) is 0 Å². The number of aliphatic hydroxyl groups is 2.